The minimum atomic E-state index is -1.05. The van der Waals surface area contributed by atoms with Crippen LogP contribution in [-0.2, 0) is 19.1 Å². The number of carbonyl (C=O) groups is 4. The third-order valence-corrected chi connectivity index (χ3v) is 3.47. The predicted molar refractivity (Wildman–Crippen MR) is 110 cm³/mol. The third kappa shape index (κ3) is 8.59. The van der Waals surface area contributed by atoms with E-state index in [1.165, 1.54) is 32.0 Å². The Balaban J connectivity index is 2.79. The highest BCUT2D eigenvalue weighted by molar-refractivity contribution is 5.94. The maximum absolute atomic E-state index is 12.3. The van der Waals surface area contributed by atoms with E-state index in [1.807, 2.05) is 0 Å². The van der Waals surface area contributed by atoms with Crippen LogP contribution in [0.15, 0.2) is 18.2 Å². The molecule has 0 aromatic carbocycles. The summed E-state index contributed by atoms with van der Waals surface area (Å²) in [6.45, 7) is 13.7. The number of ether oxygens (including phenoxy) is 2. The molecular formula is C21H31N3O6. The van der Waals surface area contributed by atoms with Gasteiger partial charge in [-0.3, -0.25) is 9.59 Å². The van der Waals surface area contributed by atoms with E-state index in [2.05, 4.69) is 15.6 Å². The number of amides is 2. The molecule has 1 aromatic rings. The van der Waals surface area contributed by atoms with Gasteiger partial charge in [0.25, 0.3) is 11.8 Å². The first kappa shape index (κ1) is 25.1. The van der Waals surface area contributed by atoms with Crippen molar-refractivity contribution in [2.75, 3.05) is 0 Å². The smallest absolute Gasteiger partial charge is 0.357 e. The quantitative estimate of drug-likeness (QED) is 0.673. The van der Waals surface area contributed by atoms with E-state index in [-0.39, 0.29) is 11.4 Å². The molecule has 0 bridgehead atoms. The summed E-state index contributed by atoms with van der Waals surface area (Å²) >= 11 is 0. The summed E-state index contributed by atoms with van der Waals surface area (Å²) in [5, 5.41) is 5.41. The summed E-state index contributed by atoms with van der Waals surface area (Å²) in [5.41, 5.74) is -1.27. The second kappa shape index (κ2) is 9.69. The lowest BCUT2D eigenvalue weighted by Gasteiger charge is -2.23. The lowest BCUT2D eigenvalue weighted by molar-refractivity contribution is -0.131. The fraction of sp³-hybridized carbons (Fsp3) is 0.571. The highest BCUT2D eigenvalue weighted by atomic mass is 16.6. The number of pyridine rings is 1. The van der Waals surface area contributed by atoms with Crippen LogP contribution >= 0.6 is 0 Å². The van der Waals surface area contributed by atoms with Gasteiger partial charge in [-0.25, -0.2) is 14.6 Å². The molecule has 1 rings (SSSR count). The van der Waals surface area contributed by atoms with E-state index in [0.29, 0.717) is 0 Å². The average Bonchev–Trinajstić information content (AvgIpc) is 2.58. The average molecular weight is 421 g/mol. The minimum Gasteiger partial charge on any atom is -0.448 e. The first-order chi connectivity index (χ1) is 13.6. The summed E-state index contributed by atoms with van der Waals surface area (Å²) in [6.07, 6.45) is -2.09. The van der Waals surface area contributed by atoms with Crippen molar-refractivity contribution in [2.24, 2.45) is 0 Å². The first-order valence-corrected chi connectivity index (χ1v) is 9.62. The van der Waals surface area contributed by atoms with Crippen molar-refractivity contribution in [1.29, 1.82) is 0 Å². The standard InChI is InChI=1S/C21H31N3O6/c1-12(16(25)23-20(3,4)5)29-18(27)14-10-9-11-15(22-14)19(28)30-13(2)17(26)24-21(6,7)8/h9-13H,1-8H3,(H,23,25)(H,24,26)/t12-,13+. The maximum atomic E-state index is 12.3. The second-order valence-corrected chi connectivity index (χ2v) is 8.98. The molecule has 0 spiro atoms. The van der Waals surface area contributed by atoms with Gasteiger partial charge in [-0.05, 0) is 67.5 Å². The molecule has 9 heteroatoms. The Morgan fingerprint density at radius 3 is 1.40 bits per heavy atom. The number of aromatic nitrogens is 1. The molecule has 1 aromatic heterocycles. The van der Waals surface area contributed by atoms with E-state index < -0.39 is 47.0 Å². The summed E-state index contributed by atoms with van der Waals surface area (Å²) in [4.78, 5) is 52.7. The van der Waals surface area contributed by atoms with E-state index in [0.717, 1.165) is 0 Å². The Morgan fingerprint density at radius 2 is 1.10 bits per heavy atom. The molecule has 0 saturated heterocycles. The molecule has 30 heavy (non-hydrogen) atoms. The Hall–Kier alpha value is -2.97. The number of nitrogens with one attached hydrogen (secondary N) is 2. The van der Waals surface area contributed by atoms with Gasteiger partial charge in [-0.15, -0.1) is 0 Å². The number of hydrogen-bond acceptors (Lipinski definition) is 7. The highest BCUT2D eigenvalue weighted by Gasteiger charge is 2.26. The summed E-state index contributed by atoms with van der Waals surface area (Å²) < 4.78 is 10.2. The normalized spacial score (nSPS) is 13.6. The van der Waals surface area contributed by atoms with Crippen LogP contribution in [0.2, 0.25) is 0 Å². The minimum absolute atomic E-state index is 0.161. The van der Waals surface area contributed by atoms with Crippen molar-refractivity contribution in [1.82, 2.24) is 15.6 Å². The monoisotopic (exact) mass is 421 g/mol. The van der Waals surface area contributed by atoms with Crippen molar-refractivity contribution in [3.63, 3.8) is 0 Å². The molecule has 0 radical (unpaired) electrons. The van der Waals surface area contributed by atoms with Crippen LogP contribution in [0.3, 0.4) is 0 Å². The lowest BCUT2D eigenvalue weighted by atomic mass is 10.1. The Labute approximate surface area is 176 Å². The molecule has 0 aliphatic rings. The SMILES string of the molecule is C[C@H](OC(=O)c1cccc(C(=O)O[C@H](C)C(=O)NC(C)(C)C)n1)C(=O)NC(C)(C)C. The maximum Gasteiger partial charge on any atom is 0.357 e. The topological polar surface area (TPSA) is 124 Å². The van der Waals surface area contributed by atoms with Crippen molar-refractivity contribution >= 4 is 23.8 Å². The lowest BCUT2D eigenvalue weighted by Crippen LogP contribution is -2.46. The van der Waals surface area contributed by atoms with E-state index in [4.69, 9.17) is 9.47 Å². The van der Waals surface area contributed by atoms with Gasteiger partial charge in [0, 0.05) is 11.1 Å². The molecule has 166 valence electrons. The fourth-order valence-corrected chi connectivity index (χ4v) is 2.15. The Morgan fingerprint density at radius 1 is 0.767 bits per heavy atom. The summed E-state index contributed by atoms with van der Waals surface area (Å²) in [7, 11) is 0. The number of hydrogen-bond donors (Lipinski definition) is 2. The second-order valence-electron chi connectivity index (χ2n) is 8.98. The van der Waals surface area contributed by atoms with Crippen LogP contribution in [0.4, 0.5) is 0 Å². The highest BCUT2D eigenvalue weighted by Crippen LogP contribution is 2.09. The largest absolute Gasteiger partial charge is 0.448 e. The van der Waals surface area contributed by atoms with E-state index in [9.17, 15) is 19.2 Å². The van der Waals surface area contributed by atoms with Crippen molar-refractivity contribution in [3.8, 4) is 0 Å². The Bertz CT molecular complexity index is 744. The van der Waals surface area contributed by atoms with Crippen LogP contribution in [0, 0.1) is 0 Å². The van der Waals surface area contributed by atoms with Crippen molar-refractivity contribution < 1.29 is 28.7 Å². The number of nitrogens with zero attached hydrogens (tertiary/aromatic N) is 1. The van der Waals surface area contributed by atoms with Gasteiger partial charge in [0.2, 0.25) is 0 Å². The molecule has 2 atom stereocenters. The summed E-state index contributed by atoms with van der Waals surface area (Å²) in [5.74, 6) is -2.63. The molecule has 0 fully saturated rings. The zero-order valence-electron chi connectivity index (χ0n) is 18.8. The zero-order chi connectivity index (χ0) is 23.3. The zero-order valence-corrected chi connectivity index (χ0v) is 18.8. The third-order valence-electron chi connectivity index (χ3n) is 3.47. The summed E-state index contributed by atoms with van der Waals surface area (Å²) in [6, 6.07) is 4.13. The van der Waals surface area contributed by atoms with Gasteiger partial charge in [0.05, 0.1) is 0 Å². The number of rotatable bonds is 6. The molecule has 0 unspecified atom stereocenters. The molecule has 2 amide bonds. The predicted octanol–water partition coefficient (Wildman–Crippen LogP) is 2.00. The van der Waals surface area contributed by atoms with E-state index >= 15 is 0 Å². The molecule has 2 N–H and O–H groups in total. The van der Waals surface area contributed by atoms with Gasteiger partial charge in [0.15, 0.2) is 12.2 Å². The van der Waals surface area contributed by atoms with Crippen molar-refractivity contribution in [2.45, 2.75) is 78.7 Å². The number of carbonyl (C=O) groups excluding carboxylic acids is 4. The molecule has 0 aliphatic heterocycles. The van der Waals surface area contributed by atoms with E-state index in [1.54, 1.807) is 41.5 Å². The molecule has 0 aliphatic carbocycles. The molecule has 1 heterocycles. The molecule has 0 saturated carbocycles. The first-order valence-electron chi connectivity index (χ1n) is 9.62. The van der Waals surface area contributed by atoms with Gasteiger partial charge >= 0.3 is 11.9 Å². The van der Waals surface area contributed by atoms with Gasteiger partial charge in [-0.2, -0.15) is 0 Å². The fourth-order valence-electron chi connectivity index (χ4n) is 2.15. The van der Waals surface area contributed by atoms with Crippen molar-refractivity contribution in [3.05, 3.63) is 29.6 Å². The van der Waals surface area contributed by atoms with Crippen LogP contribution in [0.25, 0.3) is 0 Å². The van der Waals surface area contributed by atoms with Gasteiger partial charge in [-0.1, -0.05) is 6.07 Å². The van der Waals surface area contributed by atoms with Gasteiger partial charge < -0.3 is 20.1 Å². The van der Waals surface area contributed by atoms with Crippen LogP contribution < -0.4 is 10.6 Å². The van der Waals surface area contributed by atoms with Crippen LogP contribution in [0.1, 0.15) is 76.4 Å². The number of esters is 2. The van der Waals surface area contributed by atoms with Crippen LogP contribution in [0.5, 0.6) is 0 Å². The molecule has 9 nitrogen and oxygen atoms in total. The Kier molecular flexibility index (Phi) is 8.09. The molecular weight excluding hydrogens is 390 g/mol. The van der Waals surface area contributed by atoms with Gasteiger partial charge in [0.1, 0.15) is 11.4 Å². The van der Waals surface area contributed by atoms with Crippen LogP contribution in [-0.4, -0.2) is 52.0 Å².